The first-order chi connectivity index (χ1) is 9.09. The highest BCUT2D eigenvalue weighted by molar-refractivity contribution is 6.05. The highest BCUT2D eigenvalue weighted by Gasteiger charge is 2.44. The molecule has 1 aliphatic carbocycles. The Hall–Kier alpha value is -1.94. The van der Waals surface area contributed by atoms with Crippen LogP contribution in [0, 0.1) is 5.92 Å². The van der Waals surface area contributed by atoms with Crippen molar-refractivity contribution in [3.63, 3.8) is 0 Å². The van der Waals surface area contributed by atoms with E-state index >= 15 is 0 Å². The van der Waals surface area contributed by atoms with Gasteiger partial charge in [-0.3, -0.25) is 9.78 Å². The Balaban J connectivity index is 1.91. The maximum atomic E-state index is 12.3. The van der Waals surface area contributed by atoms with Crippen LogP contribution >= 0.6 is 0 Å². The molecule has 1 unspecified atom stereocenters. The van der Waals surface area contributed by atoms with Crippen LogP contribution in [0.1, 0.15) is 19.8 Å². The van der Waals surface area contributed by atoms with Crippen molar-refractivity contribution in [2.45, 2.75) is 25.3 Å². The number of nitrogens with two attached hydrogens (primary N) is 1. The van der Waals surface area contributed by atoms with Crippen molar-refractivity contribution in [1.82, 2.24) is 4.98 Å². The number of carbonyl (C=O) groups excluding carboxylic acids is 1. The van der Waals surface area contributed by atoms with E-state index in [4.69, 9.17) is 5.73 Å². The number of nitrogens with one attached hydrogen (secondary N) is 1. The molecule has 1 saturated carbocycles. The van der Waals surface area contributed by atoms with Gasteiger partial charge in [-0.2, -0.15) is 0 Å². The van der Waals surface area contributed by atoms with Crippen LogP contribution in [0.3, 0.4) is 0 Å². The van der Waals surface area contributed by atoms with E-state index in [1.807, 2.05) is 31.2 Å². The summed E-state index contributed by atoms with van der Waals surface area (Å²) in [5, 5.41) is 4.93. The number of amides is 1. The summed E-state index contributed by atoms with van der Waals surface area (Å²) in [7, 11) is 0. The lowest BCUT2D eigenvalue weighted by atomic mass is 9.96. The molecule has 2 aromatic rings. The van der Waals surface area contributed by atoms with Crippen LogP contribution in [-0.4, -0.2) is 16.4 Å². The fourth-order valence-corrected chi connectivity index (χ4v) is 2.35. The lowest BCUT2D eigenvalue weighted by molar-refractivity contribution is -0.121. The minimum atomic E-state index is -0.787. The number of nitrogens with zero attached hydrogens (tertiary/aromatic N) is 1. The molecule has 0 saturated heterocycles. The number of aromatic nitrogens is 1. The molecule has 1 atom stereocenters. The Morgan fingerprint density at radius 2 is 2.21 bits per heavy atom. The monoisotopic (exact) mass is 255 g/mol. The number of rotatable bonds is 3. The van der Waals surface area contributed by atoms with Crippen molar-refractivity contribution >= 4 is 22.4 Å². The first-order valence-corrected chi connectivity index (χ1v) is 6.52. The number of anilines is 1. The summed E-state index contributed by atoms with van der Waals surface area (Å²) in [6.07, 6.45) is 5.58. The van der Waals surface area contributed by atoms with Crippen LogP contribution in [0.25, 0.3) is 10.8 Å². The largest absolute Gasteiger partial charge is 0.324 e. The third-order valence-electron chi connectivity index (χ3n) is 3.85. The summed E-state index contributed by atoms with van der Waals surface area (Å²) in [6.45, 7) is 1.81. The predicted octanol–water partition coefficient (Wildman–Crippen LogP) is 2.30. The van der Waals surface area contributed by atoms with Gasteiger partial charge in [0, 0.05) is 17.8 Å². The summed E-state index contributed by atoms with van der Waals surface area (Å²) in [6, 6.07) is 7.72. The van der Waals surface area contributed by atoms with Crippen LogP contribution in [-0.2, 0) is 4.79 Å². The Morgan fingerprint density at radius 1 is 1.42 bits per heavy atom. The number of pyridine rings is 1. The number of benzene rings is 1. The molecule has 98 valence electrons. The minimum absolute atomic E-state index is 0.119. The van der Waals surface area contributed by atoms with Crippen molar-refractivity contribution < 1.29 is 4.79 Å². The van der Waals surface area contributed by atoms with Gasteiger partial charge in [-0.05, 0) is 43.2 Å². The van der Waals surface area contributed by atoms with E-state index in [2.05, 4.69) is 10.3 Å². The molecular formula is C15H17N3O. The van der Waals surface area contributed by atoms with Gasteiger partial charge in [0.2, 0.25) is 5.91 Å². The zero-order chi connectivity index (χ0) is 13.5. The van der Waals surface area contributed by atoms with E-state index < -0.39 is 5.54 Å². The molecule has 1 aromatic heterocycles. The molecule has 1 fully saturated rings. The Bertz CT molecular complexity index is 627. The van der Waals surface area contributed by atoms with Gasteiger partial charge in [-0.1, -0.05) is 12.1 Å². The molecule has 0 bridgehead atoms. The van der Waals surface area contributed by atoms with Crippen LogP contribution in [0.15, 0.2) is 36.7 Å². The summed E-state index contributed by atoms with van der Waals surface area (Å²) in [5.41, 5.74) is 6.11. The number of fused-ring (bicyclic) bond motifs is 1. The van der Waals surface area contributed by atoms with Crippen molar-refractivity contribution in [3.8, 4) is 0 Å². The summed E-state index contributed by atoms with van der Waals surface area (Å²) in [4.78, 5) is 16.4. The summed E-state index contributed by atoms with van der Waals surface area (Å²) < 4.78 is 0. The summed E-state index contributed by atoms with van der Waals surface area (Å²) in [5.74, 6) is 0.187. The molecule has 3 N–H and O–H groups in total. The van der Waals surface area contributed by atoms with Gasteiger partial charge in [-0.25, -0.2) is 0 Å². The third kappa shape index (κ3) is 2.19. The molecule has 0 radical (unpaired) electrons. The molecule has 1 amide bonds. The van der Waals surface area contributed by atoms with Gasteiger partial charge < -0.3 is 11.1 Å². The van der Waals surface area contributed by atoms with E-state index in [1.54, 1.807) is 12.4 Å². The molecule has 4 nitrogen and oxygen atoms in total. The molecule has 1 aliphatic rings. The fourth-order valence-electron chi connectivity index (χ4n) is 2.35. The second-order valence-electron chi connectivity index (χ2n) is 5.41. The van der Waals surface area contributed by atoms with E-state index in [-0.39, 0.29) is 5.91 Å². The average molecular weight is 255 g/mol. The second-order valence-corrected chi connectivity index (χ2v) is 5.41. The highest BCUT2D eigenvalue weighted by atomic mass is 16.2. The standard InChI is InChI=1S/C15H17N3O/c1-15(16,11-5-6-11)14(19)18-13-4-2-3-10-7-8-17-9-12(10)13/h2-4,7-9,11H,5-6,16H2,1H3,(H,18,19). The molecule has 1 heterocycles. The Kier molecular flexibility index (Phi) is 2.75. The quantitative estimate of drug-likeness (QED) is 0.884. The van der Waals surface area contributed by atoms with E-state index in [1.165, 1.54) is 0 Å². The van der Waals surface area contributed by atoms with Gasteiger partial charge >= 0.3 is 0 Å². The zero-order valence-corrected chi connectivity index (χ0v) is 10.9. The SMILES string of the molecule is CC(N)(C(=O)Nc1cccc2ccncc12)C1CC1. The summed E-state index contributed by atoms with van der Waals surface area (Å²) >= 11 is 0. The topological polar surface area (TPSA) is 68.0 Å². The van der Waals surface area contributed by atoms with E-state index in [0.717, 1.165) is 29.3 Å². The van der Waals surface area contributed by atoms with Crippen LogP contribution in [0.2, 0.25) is 0 Å². The lowest BCUT2D eigenvalue weighted by Crippen LogP contribution is -2.50. The fraction of sp³-hybridized carbons (Fsp3) is 0.333. The molecule has 4 heteroatoms. The normalized spacial score (nSPS) is 18.0. The Labute approximate surface area is 112 Å². The predicted molar refractivity (Wildman–Crippen MR) is 75.7 cm³/mol. The Morgan fingerprint density at radius 3 is 2.95 bits per heavy atom. The smallest absolute Gasteiger partial charge is 0.244 e. The van der Waals surface area contributed by atoms with Crippen molar-refractivity contribution in [1.29, 1.82) is 0 Å². The minimum Gasteiger partial charge on any atom is -0.324 e. The molecule has 19 heavy (non-hydrogen) atoms. The van der Waals surface area contributed by atoms with Gasteiger partial charge in [0.15, 0.2) is 0 Å². The third-order valence-corrected chi connectivity index (χ3v) is 3.85. The average Bonchev–Trinajstić information content (AvgIpc) is 3.23. The first-order valence-electron chi connectivity index (χ1n) is 6.52. The number of carbonyl (C=O) groups is 1. The van der Waals surface area contributed by atoms with Crippen LogP contribution in [0.5, 0.6) is 0 Å². The number of hydrogen-bond acceptors (Lipinski definition) is 3. The zero-order valence-electron chi connectivity index (χ0n) is 10.9. The van der Waals surface area contributed by atoms with Gasteiger partial charge in [0.25, 0.3) is 0 Å². The molecular weight excluding hydrogens is 238 g/mol. The van der Waals surface area contributed by atoms with Crippen molar-refractivity contribution in [2.75, 3.05) is 5.32 Å². The van der Waals surface area contributed by atoms with Crippen LogP contribution < -0.4 is 11.1 Å². The maximum absolute atomic E-state index is 12.3. The van der Waals surface area contributed by atoms with Crippen LogP contribution in [0.4, 0.5) is 5.69 Å². The van der Waals surface area contributed by atoms with Gasteiger partial charge in [-0.15, -0.1) is 0 Å². The van der Waals surface area contributed by atoms with E-state index in [0.29, 0.717) is 5.92 Å². The number of hydrogen-bond donors (Lipinski definition) is 2. The molecule has 0 spiro atoms. The van der Waals surface area contributed by atoms with Crippen molar-refractivity contribution in [2.24, 2.45) is 11.7 Å². The lowest BCUT2D eigenvalue weighted by Gasteiger charge is -2.23. The molecule has 0 aliphatic heterocycles. The molecule has 1 aromatic carbocycles. The van der Waals surface area contributed by atoms with Gasteiger partial charge in [0.1, 0.15) is 0 Å². The second kappa shape index (κ2) is 4.31. The van der Waals surface area contributed by atoms with E-state index in [9.17, 15) is 4.79 Å². The highest BCUT2D eigenvalue weighted by Crippen LogP contribution is 2.38. The molecule has 3 rings (SSSR count). The van der Waals surface area contributed by atoms with Gasteiger partial charge in [0.05, 0.1) is 11.2 Å². The van der Waals surface area contributed by atoms with Crippen molar-refractivity contribution in [3.05, 3.63) is 36.7 Å². The first kappa shape index (κ1) is 12.1. The maximum Gasteiger partial charge on any atom is 0.244 e.